The molecule has 0 atom stereocenters. The summed E-state index contributed by atoms with van der Waals surface area (Å²) in [5.41, 5.74) is 0.864. The van der Waals surface area contributed by atoms with Gasteiger partial charge in [-0.25, -0.2) is 0 Å². The quantitative estimate of drug-likeness (QED) is 0.761. The van der Waals surface area contributed by atoms with Crippen molar-refractivity contribution in [3.8, 4) is 11.4 Å². The molecule has 2 aromatic rings. The highest BCUT2D eigenvalue weighted by Gasteiger charge is 2.16. The van der Waals surface area contributed by atoms with Gasteiger partial charge in [0, 0.05) is 16.6 Å². The van der Waals surface area contributed by atoms with E-state index in [1.54, 1.807) is 0 Å². The lowest BCUT2D eigenvalue weighted by molar-refractivity contribution is 0.659. The van der Waals surface area contributed by atoms with Crippen molar-refractivity contribution in [2.75, 3.05) is 0 Å². The smallest absolute Gasteiger partial charge is 0.165 e. The van der Waals surface area contributed by atoms with Gasteiger partial charge in [-0.15, -0.1) is 21.8 Å². The second-order valence-electron chi connectivity index (χ2n) is 3.83. The fourth-order valence-electron chi connectivity index (χ4n) is 1.77. The molecular weight excluding hydrogens is 337 g/mol. The van der Waals surface area contributed by atoms with Crippen LogP contribution in [0, 0.1) is 0 Å². The molecule has 0 aliphatic rings. The molecule has 96 valence electrons. The van der Waals surface area contributed by atoms with Gasteiger partial charge in [0.05, 0.1) is 10.9 Å². The Kier molecular flexibility index (Phi) is 4.65. The number of hydrogen-bond donors (Lipinski definition) is 0. The third-order valence-electron chi connectivity index (χ3n) is 2.59. The maximum atomic E-state index is 6.29. The first-order chi connectivity index (χ1) is 8.69. The molecule has 0 radical (unpaired) electrons. The first-order valence-corrected chi connectivity index (χ1v) is 7.32. The van der Waals surface area contributed by atoms with Crippen molar-refractivity contribution >= 4 is 39.1 Å². The summed E-state index contributed by atoms with van der Waals surface area (Å²) in [5.74, 6) is 1.88. The van der Waals surface area contributed by atoms with Gasteiger partial charge in [-0.1, -0.05) is 24.6 Å². The second kappa shape index (κ2) is 6.04. The highest BCUT2D eigenvalue weighted by Crippen LogP contribution is 2.33. The topological polar surface area (TPSA) is 30.7 Å². The van der Waals surface area contributed by atoms with Gasteiger partial charge in [0.2, 0.25) is 0 Å². The molecule has 0 aliphatic heterocycles. The summed E-state index contributed by atoms with van der Waals surface area (Å²) in [6, 6.07) is 5.76. The predicted molar refractivity (Wildman–Crippen MR) is 78.0 cm³/mol. The number of nitrogens with zero attached hydrogens (tertiary/aromatic N) is 3. The van der Waals surface area contributed by atoms with E-state index >= 15 is 0 Å². The van der Waals surface area contributed by atoms with Gasteiger partial charge in [-0.2, -0.15) is 0 Å². The van der Waals surface area contributed by atoms with E-state index in [0.717, 1.165) is 34.7 Å². The summed E-state index contributed by atoms with van der Waals surface area (Å²) >= 11 is 15.6. The van der Waals surface area contributed by atoms with Gasteiger partial charge in [-0.3, -0.25) is 0 Å². The molecular formula is C12H12BrCl2N3. The lowest BCUT2D eigenvalue weighted by Crippen LogP contribution is -2.04. The molecule has 0 fully saturated rings. The van der Waals surface area contributed by atoms with Crippen LogP contribution < -0.4 is 0 Å². The van der Waals surface area contributed by atoms with Gasteiger partial charge in [0.1, 0.15) is 5.82 Å². The Balaban J connectivity index is 2.56. The van der Waals surface area contributed by atoms with Gasteiger partial charge in [0.25, 0.3) is 0 Å². The number of rotatable bonds is 4. The van der Waals surface area contributed by atoms with Crippen LogP contribution in [0.5, 0.6) is 0 Å². The summed E-state index contributed by atoms with van der Waals surface area (Å²) < 4.78 is 2.86. The van der Waals surface area contributed by atoms with Crippen molar-refractivity contribution in [3.05, 3.63) is 33.5 Å². The van der Waals surface area contributed by atoms with Crippen LogP contribution in [-0.4, -0.2) is 14.8 Å². The average molecular weight is 349 g/mol. The van der Waals surface area contributed by atoms with Crippen LogP contribution in [-0.2, 0) is 12.4 Å². The number of benzene rings is 1. The largest absolute Gasteiger partial charge is 0.310 e. The SMILES string of the molecule is CCCn1c(CCl)nnc1-c1cccc(Br)c1Cl. The summed E-state index contributed by atoms with van der Waals surface area (Å²) in [7, 11) is 0. The van der Waals surface area contributed by atoms with Crippen molar-refractivity contribution in [2.24, 2.45) is 0 Å². The lowest BCUT2D eigenvalue weighted by atomic mass is 10.2. The first-order valence-electron chi connectivity index (χ1n) is 5.61. The zero-order chi connectivity index (χ0) is 13.1. The molecule has 1 aromatic heterocycles. The standard InChI is InChI=1S/C12H12BrCl2N3/c1-2-6-18-10(7-14)16-17-12(18)8-4-3-5-9(13)11(8)15/h3-5H,2,6-7H2,1H3. The summed E-state index contributed by atoms with van der Waals surface area (Å²) in [6.07, 6.45) is 0.987. The third kappa shape index (κ3) is 2.56. The van der Waals surface area contributed by atoms with Gasteiger partial charge in [0.15, 0.2) is 5.82 Å². The van der Waals surface area contributed by atoms with E-state index in [1.807, 2.05) is 22.8 Å². The highest BCUT2D eigenvalue weighted by molar-refractivity contribution is 9.10. The fraction of sp³-hybridized carbons (Fsp3) is 0.333. The maximum Gasteiger partial charge on any atom is 0.165 e. The molecule has 3 nitrogen and oxygen atoms in total. The van der Waals surface area contributed by atoms with E-state index in [4.69, 9.17) is 23.2 Å². The Morgan fingerprint density at radius 1 is 1.33 bits per heavy atom. The molecule has 18 heavy (non-hydrogen) atoms. The molecule has 1 aromatic carbocycles. The van der Waals surface area contributed by atoms with Crippen molar-refractivity contribution in [1.29, 1.82) is 0 Å². The normalized spacial score (nSPS) is 10.9. The van der Waals surface area contributed by atoms with Crippen LogP contribution in [0.4, 0.5) is 0 Å². The van der Waals surface area contributed by atoms with Crippen molar-refractivity contribution in [1.82, 2.24) is 14.8 Å². The van der Waals surface area contributed by atoms with Crippen molar-refractivity contribution in [3.63, 3.8) is 0 Å². The Morgan fingerprint density at radius 3 is 2.78 bits per heavy atom. The Morgan fingerprint density at radius 2 is 2.11 bits per heavy atom. The summed E-state index contributed by atoms with van der Waals surface area (Å²) in [6.45, 7) is 2.93. The maximum absolute atomic E-state index is 6.29. The van der Waals surface area contributed by atoms with E-state index in [2.05, 4.69) is 33.1 Å². The second-order valence-corrected chi connectivity index (χ2v) is 5.33. The van der Waals surface area contributed by atoms with Crippen LogP contribution in [0.2, 0.25) is 5.02 Å². The monoisotopic (exact) mass is 347 g/mol. The lowest BCUT2D eigenvalue weighted by Gasteiger charge is -2.09. The van der Waals surface area contributed by atoms with Gasteiger partial charge >= 0.3 is 0 Å². The Hall–Kier alpha value is -0.580. The molecule has 6 heteroatoms. The Labute approximate surface area is 124 Å². The van der Waals surface area contributed by atoms with Crippen LogP contribution in [0.1, 0.15) is 19.2 Å². The number of halogens is 3. The Bertz CT molecular complexity index is 554. The molecule has 0 saturated heterocycles. The van der Waals surface area contributed by atoms with Crippen molar-refractivity contribution in [2.45, 2.75) is 25.8 Å². The van der Waals surface area contributed by atoms with Crippen molar-refractivity contribution < 1.29 is 0 Å². The fourth-order valence-corrected chi connectivity index (χ4v) is 2.54. The van der Waals surface area contributed by atoms with Gasteiger partial charge < -0.3 is 4.57 Å². The third-order valence-corrected chi connectivity index (χ3v) is 4.12. The zero-order valence-electron chi connectivity index (χ0n) is 9.83. The first kappa shape index (κ1) is 13.8. The summed E-state index contributed by atoms with van der Waals surface area (Å²) in [4.78, 5) is 0. The number of hydrogen-bond acceptors (Lipinski definition) is 2. The molecule has 0 amide bonds. The van der Waals surface area contributed by atoms with Crippen LogP contribution >= 0.6 is 39.1 Å². The van der Waals surface area contributed by atoms with Crippen LogP contribution in [0.15, 0.2) is 22.7 Å². The minimum Gasteiger partial charge on any atom is -0.310 e. The molecule has 1 heterocycles. The predicted octanol–water partition coefficient (Wildman–Crippen LogP) is 4.51. The molecule has 2 rings (SSSR count). The van der Waals surface area contributed by atoms with E-state index in [-0.39, 0.29) is 0 Å². The zero-order valence-corrected chi connectivity index (χ0v) is 12.9. The molecule has 0 saturated carbocycles. The highest BCUT2D eigenvalue weighted by atomic mass is 79.9. The van der Waals surface area contributed by atoms with E-state index in [1.165, 1.54) is 0 Å². The average Bonchev–Trinajstić information content (AvgIpc) is 2.76. The minimum atomic E-state index is 0.346. The van der Waals surface area contributed by atoms with E-state index in [0.29, 0.717) is 10.9 Å². The molecule has 0 unspecified atom stereocenters. The molecule has 0 bridgehead atoms. The van der Waals surface area contributed by atoms with E-state index < -0.39 is 0 Å². The van der Waals surface area contributed by atoms with Crippen LogP contribution in [0.3, 0.4) is 0 Å². The molecule has 0 aliphatic carbocycles. The molecule has 0 N–H and O–H groups in total. The number of aromatic nitrogens is 3. The summed E-state index contributed by atoms with van der Waals surface area (Å²) in [5, 5.41) is 8.95. The minimum absolute atomic E-state index is 0.346. The van der Waals surface area contributed by atoms with E-state index in [9.17, 15) is 0 Å². The van der Waals surface area contributed by atoms with Gasteiger partial charge in [-0.05, 0) is 34.5 Å². The molecule has 0 spiro atoms. The van der Waals surface area contributed by atoms with Crippen LogP contribution in [0.25, 0.3) is 11.4 Å². The number of alkyl halides is 1.